The largest absolute Gasteiger partial charge is 0.462 e. The molecule has 0 radical (unpaired) electrons. The highest BCUT2D eigenvalue weighted by Gasteiger charge is 2.19. The smallest absolute Gasteiger partial charge is 0.306 e. The molecule has 0 aromatic carbocycles. The molecular formula is C58H108O6. The Morgan fingerprint density at radius 3 is 0.891 bits per heavy atom. The van der Waals surface area contributed by atoms with Gasteiger partial charge in [0.05, 0.1) is 0 Å². The number of hydrogen-bond acceptors (Lipinski definition) is 6. The minimum Gasteiger partial charge on any atom is -0.462 e. The van der Waals surface area contributed by atoms with Crippen LogP contribution in [0.1, 0.15) is 310 Å². The van der Waals surface area contributed by atoms with Gasteiger partial charge in [-0.15, -0.1) is 0 Å². The molecule has 0 fully saturated rings. The summed E-state index contributed by atoms with van der Waals surface area (Å²) in [6.45, 7) is 6.64. The summed E-state index contributed by atoms with van der Waals surface area (Å²) in [5, 5.41) is 0. The molecule has 6 nitrogen and oxygen atoms in total. The minimum absolute atomic E-state index is 0.0693. The molecule has 0 heterocycles. The lowest BCUT2D eigenvalue weighted by molar-refractivity contribution is -0.167. The third-order valence-electron chi connectivity index (χ3n) is 12.7. The Kier molecular flexibility index (Phi) is 51.7. The first-order chi connectivity index (χ1) is 31.5. The normalized spacial score (nSPS) is 12.1. The number of rotatable bonds is 52. The van der Waals surface area contributed by atoms with Crippen molar-refractivity contribution in [1.29, 1.82) is 0 Å². The molecular weight excluding hydrogens is 793 g/mol. The van der Waals surface area contributed by atoms with E-state index in [1.54, 1.807) is 0 Å². The molecule has 1 atom stereocenters. The number of hydrogen-bond donors (Lipinski definition) is 0. The Bertz CT molecular complexity index is 1040. The van der Waals surface area contributed by atoms with Crippen molar-refractivity contribution in [2.24, 2.45) is 0 Å². The van der Waals surface area contributed by atoms with Gasteiger partial charge in [0.25, 0.3) is 0 Å². The number of ether oxygens (including phenoxy) is 3. The topological polar surface area (TPSA) is 78.9 Å². The molecule has 0 aliphatic carbocycles. The van der Waals surface area contributed by atoms with Crippen LogP contribution in [0.4, 0.5) is 0 Å². The van der Waals surface area contributed by atoms with Crippen molar-refractivity contribution in [3.05, 3.63) is 24.3 Å². The average molecular weight is 901 g/mol. The highest BCUT2D eigenvalue weighted by molar-refractivity contribution is 5.71. The average Bonchev–Trinajstić information content (AvgIpc) is 3.29. The lowest BCUT2D eigenvalue weighted by atomic mass is 10.0. The fraction of sp³-hybridized carbons (Fsp3) is 0.879. The molecule has 0 N–H and O–H groups in total. The minimum atomic E-state index is -0.769. The van der Waals surface area contributed by atoms with Crippen molar-refractivity contribution in [2.45, 2.75) is 316 Å². The van der Waals surface area contributed by atoms with Crippen LogP contribution in [-0.4, -0.2) is 37.2 Å². The molecule has 0 aromatic heterocycles. The van der Waals surface area contributed by atoms with Crippen LogP contribution >= 0.6 is 0 Å². The molecule has 376 valence electrons. The van der Waals surface area contributed by atoms with E-state index in [4.69, 9.17) is 14.2 Å². The van der Waals surface area contributed by atoms with Crippen LogP contribution in [0.3, 0.4) is 0 Å². The SMILES string of the molecule is CCCCC/C=C\C/C=C\CCCCCCCCCC(=O)OC(COC(=O)CCCCCCCCCCCC)COC(=O)CCCCCCCCCCCCCCCCCCCCC. The van der Waals surface area contributed by atoms with Crippen LogP contribution in [0.2, 0.25) is 0 Å². The van der Waals surface area contributed by atoms with E-state index in [0.717, 1.165) is 70.6 Å². The second-order valence-electron chi connectivity index (χ2n) is 19.2. The predicted octanol–water partition coefficient (Wildman–Crippen LogP) is 18.7. The lowest BCUT2D eigenvalue weighted by Crippen LogP contribution is -2.30. The Labute approximate surface area is 398 Å². The standard InChI is InChI=1S/C58H108O6/c1-4-7-10-13-16-19-22-24-26-28-29-31-32-34-36-39-42-45-48-51-57(60)63-54-55(53-62-56(59)50-47-44-41-38-21-18-15-12-9-6-3)64-58(61)52-49-46-43-40-37-35-33-30-27-25-23-20-17-14-11-8-5-2/h17,20,25,27,55H,4-16,18-19,21-24,26,28-54H2,1-3H3/b20-17-,27-25-. The quantitative estimate of drug-likeness (QED) is 0.0262. The van der Waals surface area contributed by atoms with E-state index >= 15 is 0 Å². The van der Waals surface area contributed by atoms with Crippen LogP contribution < -0.4 is 0 Å². The van der Waals surface area contributed by atoms with Crippen molar-refractivity contribution in [2.75, 3.05) is 13.2 Å². The third kappa shape index (κ3) is 50.9. The van der Waals surface area contributed by atoms with Crippen LogP contribution in [-0.2, 0) is 28.6 Å². The van der Waals surface area contributed by atoms with Gasteiger partial charge in [0.1, 0.15) is 13.2 Å². The molecule has 0 bridgehead atoms. The Morgan fingerprint density at radius 1 is 0.312 bits per heavy atom. The van der Waals surface area contributed by atoms with Gasteiger partial charge in [0.15, 0.2) is 6.10 Å². The molecule has 6 heteroatoms. The highest BCUT2D eigenvalue weighted by atomic mass is 16.6. The molecule has 0 rings (SSSR count). The molecule has 0 aliphatic rings. The van der Waals surface area contributed by atoms with Gasteiger partial charge in [-0.25, -0.2) is 0 Å². The maximum absolute atomic E-state index is 12.8. The number of carbonyl (C=O) groups is 3. The zero-order chi connectivity index (χ0) is 46.5. The van der Waals surface area contributed by atoms with Crippen molar-refractivity contribution < 1.29 is 28.6 Å². The Balaban J connectivity index is 4.27. The molecule has 0 aromatic rings. The summed E-state index contributed by atoms with van der Waals surface area (Å²) in [6, 6.07) is 0. The second-order valence-corrected chi connectivity index (χ2v) is 19.2. The summed E-state index contributed by atoms with van der Waals surface area (Å²) < 4.78 is 16.8. The van der Waals surface area contributed by atoms with E-state index in [-0.39, 0.29) is 31.1 Å². The zero-order valence-corrected chi connectivity index (χ0v) is 43.1. The highest BCUT2D eigenvalue weighted by Crippen LogP contribution is 2.17. The van der Waals surface area contributed by atoms with Crippen LogP contribution in [0.5, 0.6) is 0 Å². The van der Waals surface area contributed by atoms with Crippen LogP contribution in [0.15, 0.2) is 24.3 Å². The van der Waals surface area contributed by atoms with Gasteiger partial charge < -0.3 is 14.2 Å². The third-order valence-corrected chi connectivity index (χ3v) is 12.7. The molecule has 64 heavy (non-hydrogen) atoms. The first-order valence-electron chi connectivity index (χ1n) is 28.3. The summed E-state index contributed by atoms with van der Waals surface area (Å²) in [5.41, 5.74) is 0. The van der Waals surface area contributed by atoms with E-state index in [1.165, 1.54) is 199 Å². The summed E-state index contributed by atoms with van der Waals surface area (Å²) in [5.74, 6) is -0.860. The van der Waals surface area contributed by atoms with Crippen LogP contribution in [0.25, 0.3) is 0 Å². The van der Waals surface area contributed by atoms with E-state index in [9.17, 15) is 14.4 Å². The maximum Gasteiger partial charge on any atom is 0.306 e. The predicted molar refractivity (Wildman–Crippen MR) is 275 cm³/mol. The van der Waals surface area contributed by atoms with Gasteiger partial charge in [-0.05, 0) is 51.4 Å². The van der Waals surface area contributed by atoms with Gasteiger partial charge in [-0.1, -0.05) is 263 Å². The number of allylic oxidation sites excluding steroid dienone is 4. The molecule has 0 saturated heterocycles. The van der Waals surface area contributed by atoms with E-state index < -0.39 is 6.10 Å². The fourth-order valence-corrected chi connectivity index (χ4v) is 8.42. The lowest BCUT2D eigenvalue weighted by Gasteiger charge is -2.18. The van der Waals surface area contributed by atoms with E-state index in [2.05, 4.69) is 45.1 Å². The van der Waals surface area contributed by atoms with E-state index in [1.807, 2.05) is 0 Å². The summed E-state index contributed by atoms with van der Waals surface area (Å²) in [7, 11) is 0. The van der Waals surface area contributed by atoms with Crippen molar-refractivity contribution >= 4 is 17.9 Å². The Morgan fingerprint density at radius 2 is 0.562 bits per heavy atom. The molecule has 1 unspecified atom stereocenters. The Hall–Kier alpha value is -2.11. The van der Waals surface area contributed by atoms with Gasteiger partial charge in [0, 0.05) is 19.3 Å². The summed E-state index contributed by atoms with van der Waals surface area (Å²) in [6.07, 6.45) is 61.7. The van der Waals surface area contributed by atoms with Gasteiger partial charge >= 0.3 is 17.9 Å². The summed E-state index contributed by atoms with van der Waals surface area (Å²) in [4.78, 5) is 38.0. The van der Waals surface area contributed by atoms with Gasteiger partial charge in [-0.3, -0.25) is 14.4 Å². The van der Waals surface area contributed by atoms with Gasteiger partial charge in [-0.2, -0.15) is 0 Å². The monoisotopic (exact) mass is 901 g/mol. The molecule has 0 saturated carbocycles. The first-order valence-corrected chi connectivity index (χ1v) is 28.3. The van der Waals surface area contributed by atoms with Crippen LogP contribution in [0, 0.1) is 0 Å². The molecule has 0 amide bonds. The zero-order valence-electron chi connectivity index (χ0n) is 43.1. The van der Waals surface area contributed by atoms with Crippen molar-refractivity contribution in [3.8, 4) is 0 Å². The van der Waals surface area contributed by atoms with E-state index in [0.29, 0.717) is 19.3 Å². The van der Waals surface area contributed by atoms with Crippen molar-refractivity contribution in [1.82, 2.24) is 0 Å². The fourth-order valence-electron chi connectivity index (χ4n) is 8.42. The number of esters is 3. The van der Waals surface area contributed by atoms with Gasteiger partial charge in [0.2, 0.25) is 0 Å². The molecule has 0 spiro atoms. The first kappa shape index (κ1) is 61.9. The van der Waals surface area contributed by atoms with Crippen molar-refractivity contribution in [3.63, 3.8) is 0 Å². The summed E-state index contributed by atoms with van der Waals surface area (Å²) >= 11 is 0. The number of unbranched alkanes of at least 4 members (excludes halogenated alkanes) is 37. The second kappa shape index (κ2) is 53.5. The molecule has 0 aliphatic heterocycles. The number of carbonyl (C=O) groups excluding carboxylic acids is 3. The maximum atomic E-state index is 12.8.